The molecule has 0 fully saturated rings. The average Bonchev–Trinajstić information content (AvgIpc) is 3.63. The maximum Gasteiger partial charge on any atom is 0.195 e. The van der Waals surface area contributed by atoms with Crippen LogP contribution in [0, 0.1) is 0 Å². The normalized spacial score (nSPS) is 12.3. The van der Waals surface area contributed by atoms with Crippen LogP contribution in [0.25, 0.3) is 78.9 Å². The number of benzene rings is 6. The molecule has 0 amide bonds. The molecular formula is C33H18N2S2. The number of hydrogen-bond donors (Lipinski definition) is 0. The molecule has 37 heavy (non-hydrogen) atoms. The Kier molecular flexibility index (Phi) is 3.85. The largest absolute Gasteiger partial charge is 0.285 e. The first-order valence-electron chi connectivity index (χ1n) is 12.4. The Morgan fingerprint density at radius 3 is 1.76 bits per heavy atom. The molecular weight excluding hydrogens is 489 g/mol. The van der Waals surface area contributed by atoms with Gasteiger partial charge in [-0.2, -0.15) is 0 Å². The molecule has 9 aromatic rings. The fraction of sp³-hybridized carbons (Fsp3) is 0. The van der Waals surface area contributed by atoms with Gasteiger partial charge in [0, 0.05) is 30.9 Å². The van der Waals surface area contributed by atoms with Crippen LogP contribution in [0.5, 0.6) is 0 Å². The van der Waals surface area contributed by atoms with Crippen LogP contribution in [0.15, 0.2) is 109 Å². The van der Waals surface area contributed by atoms with E-state index < -0.39 is 0 Å². The second kappa shape index (κ2) is 7.16. The molecule has 4 heteroatoms. The third kappa shape index (κ3) is 2.61. The van der Waals surface area contributed by atoms with Crippen molar-refractivity contribution in [1.82, 2.24) is 9.55 Å². The Bertz CT molecular complexity index is 2280. The van der Waals surface area contributed by atoms with Crippen LogP contribution in [-0.4, -0.2) is 9.55 Å². The summed E-state index contributed by atoms with van der Waals surface area (Å²) in [6.45, 7) is 0. The van der Waals surface area contributed by atoms with E-state index >= 15 is 0 Å². The highest BCUT2D eigenvalue weighted by Gasteiger charge is 2.20. The molecule has 0 aliphatic rings. The molecule has 172 valence electrons. The van der Waals surface area contributed by atoms with Gasteiger partial charge in [0.1, 0.15) is 0 Å². The number of hydrogen-bond acceptors (Lipinski definition) is 3. The lowest BCUT2D eigenvalue weighted by Crippen LogP contribution is -1.92. The zero-order valence-corrected chi connectivity index (χ0v) is 21.2. The van der Waals surface area contributed by atoms with E-state index in [9.17, 15) is 0 Å². The van der Waals surface area contributed by atoms with Crippen LogP contribution in [0.4, 0.5) is 0 Å². The fourth-order valence-corrected chi connectivity index (χ4v) is 8.15. The molecule has 0 unspecified atom stereocenters. The zero-order valence-electron chi connectivity index (χ0n) is 19.6. The maximum atomic E-state index is 5.35. The van der Waals surface area contributed by atoms with E-state index in [1.54, 1.807) is 11.3 Å². The van der Waals surface area contributed by atoms with Crippen molar-refractivity contribution >= 4 is 96.4 Å². The minimum absolute atomic E-state index is 1.02. The summed E-state index contributed by atoms with van der Waals surface area (Å²) < 4.78 is 6.22. The Hall–Kier alpha value is -4.25. The molecule has 0 radical (unpaired) electrons. The van der Waals surface area contributed by atoms with Crippen LogP contribution in [0.1, 0.15) is 0 Å². The van der Waals surface area contributed by atoms with Crippen LogP contribution in [0.2, 0.25) is 0 Å². The van der Waals surface area contributed by atoms with Gasteiger partial charge < -0.3 is 0 Å². The van der Waals surface area contributed by atoms with Gasteiger partial charge in [-0.1, -0.05) is 90.2 Å². The summed E-state index contributed by atoms with van der Waals surface area (Å²) in [7, 11) is 0. The second-order valence-corrected chi connectivity index (χ2v) is 11.7. The highest BCUT2D eigenvalue weighted by atomic mass is 32.1. The summed E-state index contributed by atoms with van der Waals surface area (Å²) >= 11 is 3.63. The second-order valence-electron chi connectivity index (χ2n) is 9.58. The van der Waals surface area contributed by atoms with E-state index in [0.717, 1.165) is 10.6 Å². The number of thiazole rings is 1. The van der Waals surface area contributed by atoms with E-state index in [0.29, 0.717) is 0 Å². The summed E-state index contributed by atoms with van der Waals surface area (Å²) in [5.74, 6) is 0. The van der Waals surface area contributed by atoms with Gasteiger partial charge in [-0.25, -0.2) is 4.98 Å². The molecule has 3 aromatic heterocycles. The molecule has 0 aliphatic carbocycles. The quantitative estimate of drug-likeness (QED) is 0.217. The van der Waals surface area contributed by atoms with Crippen LogP contribution in [0.3, 0.4) is 0 Å². The fourth-order valence-electron chi connectivity index (χ4n) is 6.04. The maximum absolute atomic E-state index is 5.35. The van der Waals surface area contributed by atoms with Gasteiger partial charge in [0.2, 0.25) is 0 Å². The molecule has 2 nitrogen and oxygen atoms in total. The Balaban J connectivity index is 1.48. The first-order valence-corrected chi connectivity index (χ1v) is 14.0. The average molecular weight is 507 g/mol. The van der Waals surface area contributed by atoms with Gasteiger partial charge in [-0.15, -0.1) is 11.3 Å². The molecule has 0 aliphatic heterocycles. The summed E-state index contributed by atoms with van der Waals surface area (Å²) in [6.07, 6.45) is 0. The van der Waals surface area contributed by atoms with Crippen LogP contribution in [-0.2, 0) is 0 Å². The first-order chi connectivity index (χ1) is 18.3. The van der Waals surface area contributed by atoms with Gasteiger partial charge >= 0.3 is 0 Å². The predicted molar refractivity (Wildman–Crippen MR) is 162 cm³/mol. The molecule has 0 saturated heterocycles. The minimum Gasteiger partial charge on any atom is -0.285 e. The lowest BCUT2D eigenvalue weighted by Gasteiger charge is -2.04. The van der Waals surface area contributed by atoms with Gasteiger partial charge in [0.25, 0.3) is 0 Å². The minimum atomic E-state index is 1.02. The van der Waals surface area contributed by atoms with Gasteiger partial charge in [-0.05, 0) is 51.9 Å². The third-order valence-corrected chi connectivity index (χ3v) is 9.77. The Morgan fingerprint density at radius 2 is 1.05 bits per heavy atom. The predicted octanol–water partition coefficient (Wildman–Crippen LogP) is 10.1. The third-order valence-electron chi connectivity index (χ3n) is 7.62. The monoisotopic (exact) mass is 506 g/mol. The lowest BCUT2D eigenvalue weighted by molar-refractivity contribution is 1.15. The number of rotatable bonds is 1. The van der Waals surface area contributed by atoms with Crippen LogP contribution >= 0.6 is 22.7 Å². The van der Waals surface area contributed by atoms with Gasteiger partial charge in [-0.3, -0.25) is 4.57 Å². The van der Waals surface area contributed by atoms with Crippen molar-refractivity contribution < 1.29 is 0 Å². The smallest absolute Gasteiger partial charge is 0.195 e. The number of thiophene rings is 1. The summed E-state index contributed by atoms with van der Waals surface area (Å²) in [4.78, 5) is 5.35. The highest BCUT2D eigenvalue weighted by molar-refractivity contribution is 7.26. The van der Waals surface area contributed by atoms with E-state index in [-0.39, 0.29) is 0 Å². The molecule has 6 aromatic carbocycles. The number of nitrogens with zero attached hydrogens (tertiary/aromatic N) is 2. The molecule has 9 rings (SSSR count). The summed E-state index contributed by atoms with van der Waals surface area (Å²) in [5, 5.41) is 11.3. The van der Waals surface area contributed by atoms with Crippen molar-refractivity contribution in [1.29, 1.82) is 0 Å². The van der Waals surface area contributed by atoms with E-state index in [4.69, 9.17) is 4.98 Å². The highest BCUT2D eigenvalue weighted by Crippen LogP contribution is 2.44. The topological polar surface area (TPSA) is 17.8 Å². The van der Waals surface area contributed by atoms with Crippen molar-refractivity contribution in [2.24, 2.45) is 0 Å². The standard InChI is InChI=1S/C33H18N2S2/c1-3-9-21-19(7-1)13-15-24-29(21)30-22-10-4-2-8-20(22)14-16-25(30)35(24)33-34-32-28(37-33)18-17-27-31(32)23-11-5-6-12-26(23)36-27/h1-18H. The van der Waals surface area contributed by atoms with Crippen molar-refractivity contribution in [3.8, 4) is 5.13 Å². The zero-order chi connectivity index (χ0) is 24.1. The molecule has 0 atom stereocenters. The summed E-state index contributed by atoms with van der Waals surface area (Å²) in [5.41, 5.74) is 3.51. The van der Waals surface area contributed by atoms with Gasteiger partial charge in [0.05, 0.1) is 21.3 Å². The van der Waals surface area contributed by atoms with Crippen molar-refractivity contribution in [2.75, 3.05) is 0 Å². The number of aromatic nitrogens is 2. The molecule has 0 spiro atoms. The van der Waals surface area contributed by atoms with E-state index in [1.165, 1.54) is 68.2 Å². The van der Waals surface area contributed by atoms with Crippen LogP contribution < -0.4 is 0 Å². The number of fused-ring (bicyclic) bond motifs is 12. The van der Waals surface area contributed by atoms with Gasteiger partial charge in [0.15, 0.2) is 5.13 Å². The Morgan fingerprint density at radius 1 is 0.459 bits per heavy atom. The van der Waals surface area contributed by atoms with E-state index in [2.05, 4.69) is 114 Å². The molecule has 0 N–H and O–H groups in total. The molecule has 0 saturated carbocycles. The summed E-state index contributed by atoms with van der Waals surface area (Å²) in [6, 6.07) is 39.7. The lowest BCUT2D eigenvalue weighted by atomic mass is 10.00. The van der Waals surface area contributed by atoms with Crippen molar-refractivity contribution in [3.05, 3.63) is 109 Å². The van der Waals surface area contributed by atoms with Crippen molar-refractivity contribution in [3.63, 3.8) is 0 Å². The van der Waals surface area contributed by atoms with Crippen molar-refractivity contribution in [2.45, 2.75) is 0 Å². The Labute approximate surface area is 219 Å². The molecule has 0 bridgehead atoms. The van der Waals surface area contributed by atoms with E-state index in [1.807, 2.05) is 11.3 Å². The first kappa shape index (κ1) is 19.9. The molecule has 3 heterocycles. The SMILES string of the molecule is c1ccc2c(c1)ccc1c2c2c3ccccc3ccc2n1-c1nc2c(ccc3sc4ccccc4c32)s1.